The smallest absolute Gasteiger partial charge is 0.410 e. The molecule has 1 fully saturated rings. The molecule has 26 heavy (non-hydrogen) atoms. The van der Waals surface area contributed by atoms with Crippen molar-refractivity contribution in [2.45, 2.75) is 38.2 Å². The van der Waals surface area contributed by atoms with Crippen LogP contribution in [0.5, 0.6) is 0 Å². The zero-order chi connectivity index (χ0) is 19.5. The highest BCUT2D eigenvalue weighted by molar-refractivity contribution is 7.89. The van der Waals surface area contributed by atoms with Crippen molar-refractivity contribution in [2.75, 3.05) is 31.5 Å². The molecule has 0 spiro atoms. The lowest BCUT2D eigenvalue weighted by atomic mass is 10.2. The van der Waals surface area contributed by atoms with Crippen molar-refractivity contribution in [1.82, 2.24) is 9.21 Å². The van der Waals surface area contributed by atoms with Crippen LogP contribution in [0.4, 0.5) is 10.5 Å². The molecule has 0 atom stereocenters. The summed E-state index contributed by atoms with van der Waals surface area (Å²) >= 11 is 0. The predicted octanol–water partition coefficient (Wildman–Crippen LogP) is 1.89. The van der Waals surface area contributed by atoms with E-state index >= 15 is 0 Å². The fraction of sp³-hybridized carbons (Fsp3) is 0.529. The highest BCUT2D eigenvalue weighted by Gasteiger charge is 2.31. The summed E-state index contributed by atoms with van der Waals surface area (Å²) in [7, 11) is -3.65. The number of amides is 2. The van der Waals surface area contributed by atoms with Gasteiger partial charge in [-0.25, -0.2) is 13.2 Å². The van der Waals surface area contributed by atoms with Crippen molar-refractivity contribution >= 4 is 27.7 Å². The van der Waals surface area contributed by atoms with Gasteiger partial charge in [0.2, 0.25) is 15.9 Å². The predicted molar refractivity (Wildman–Crippen MR) is 97.3 cm³/mol. The van der Waals surface area contributed by atoms with Crippen LogP contribution in [0.1, 0.15) is 27.7 Å². The van der Waals surface area contributed by atoms with Gasteiger partial charge < -0.3 is 15.0 Å². The number of sulfonamides is 1. The lowest BCUT2D eigenvalue weighted by Gasteiger charge is -2.35. The van der Waals surface area contributed by atoms with Gasteiger partial charge in [0, 0.05) is 38.8 Å². The fourth-order valence-electron chi connectivity index (χ4n) is 2.50. The number of nitrogens with one attached hydrogen (secondary N) is 1. The van der Waals surface area contributed by atoms with Gasteiger partial charge >= 0.3 is 6.09 Å². The number of benzene rings is 1. The Bertz CT molecular complexity index is 761. The van der Waals surface area contributed by atoms with E-state index in [2.05, 4.69) is 5.32 Å². The number of nitrogens with zero attached hydrogens (tertiary/aromatic N) is 2. The highest BCUT2D eigenvalue weighted by atomic mass is 32.2. The Morgan fingerprint density at radius 2 is 1.58 bits per heavy atom. The summed E-state index contributed by atoms with van der Waals surface area (Å²) in [6.45, 7) is 7.71. The van der Waals surface area contributed by atoms with E-state index in [0.717, 1.165) is 0 Å². The fourth-order valence-corrected chi connectivity index (χ4v) is 3.92. The van der Waals surface area contributed by atoms with Gasteiger partial charge in [0.05, 0.1) is 4.90 Å². The van der Waals surface area contributed by atoms with E-state index in [1.807, 2.05) is 0 Å². The number of rotatable bonds is 3. The minimum Gasteiger partial charge on any atom is -0.444 e. The summed E-state index contributed by atoms with van der Waals surface area (Å²) in [6.07, 6.45) is -0.436. The van der Waals surface area contributed by atoms with Crippen LogP contribution < -0.4 is 5.32 Å². The van der Waals surface area contributed by atoms with Gasteiger partial charge in [-0.05, 0) is 45.0 Å². The standard InChI is InChI=1S/C17H25N3O5S/c1-13(21)18-14-5-7-15(8-6-14)26(23,24)20-11-9-19(10-12-20)16(22)25-17(2,3)4/h5-8H,9-12H2,1-4H3,(H,18,21). The molecule has 0 aliphatic carbocycles. The molecule has 2 amide bonds. The molecule has 9 heteroatoms. The van der Waals surface area contributed by atoms with E-state index in [9.17, 15) is 18.0 Å². The zero-order valence-electron chi connectivity index (χ0n) is 15.5. The van der Waals surface area contributed by atoms with E-state index in [4.69, 9.17) is 4.74 Å². The first-order chi connectivity index (χ1) is 12.0. The largest absolute Gasteiger partial charge is 0.444 e. The average Bonchev–Trinajstić information content (AvgIpc) is 2.53. The maximum Gasteiger partial charge on any atom is 0.410 e. The molecule has 8 nitrogen and oxygen atoms in total. The monoisotopic (exact) mass is 383 g/mol. The first-order valence-corrected chi connectivity index (χ1v) is 9.79. The van der Waals surface area contributed by atoms with Gasteiger partial charge in [-0.1, -0.05) is 0 Å². The van der Waals surface area contributed by atoms with Crippen LogP contribution in [0.25, 0.3) is 0 Å². The van der Waals surface area contributed by atoms with Gasteiger partial charge in [-0.2, -0.15) is 4.31 Å². The Kier molecular flexibility index (Phi) is 5.92. The molecule has 1 aromatic carbocycles. The molecular weight excluding hydrogens is 358 g/mol. The minimum atomic E-state index is -3.65. The van der Waals surface area contributed by atoms with Crippen molar-refractivity contribution in [2.24, 2.45) is 0 Å². The maximum atomic E-state index is 12.7. The molecule has 1 aliphatic heterocycles. The quantitative estimate of drug-likeness (QED) is 0.860. The minimum absolute atomic E-state index is 0.150. The van der Waals surface area contributed by atoms with E-state index < -0.39 is 21.7 Å². The Morgan fingerprint density at radius 3 is 2.04 bits per heavy atom. The number of piperazine rings is 1. The number of hydrogen-bond donors (Lipinski definition) is 1. The van der Waals surface area contributed by atoms with Crippen molar-refractivity contribution in [3.63, 3.8) is 0 Å². The molecule has 1 saturated heterocycles. The number of carbonyl (C=O) groups is 2. The van der Waals surface area contributed by atoms with Gasteiger partial charge in [0.25, 0.3) is 0 Å². The summed E-state index contributed by atoms with van der Waals surface area (Å²) in [4.78, 5) is 24.8. The van der Waals surface area contributed by atoms with Crippen LogP contribution in [-0.2, 0) is 19.6 Å². The first kappa shape index (κ1) is 20.2. The lowest BCUT2D eigenvalue weighted by Crippen LogP contribution is -2.51. The van der Waals surface area contributed by atoms with Crippen LogP contribution >= 0.6 is 0 Å². The van der Waals surface area contributed by atoms with E-state index in [1.165, 1.54) is 28.3 Å². The third-order valence-corrected chi connectivity index (χ3v) is 5.62. The van der Waals surface area contributed by atoms with Crippen molar-refractivity contribution in [3.05, 3.63) is 24.3 Å². The Morgan fingerprint density at radius 1 is 1.04 bits per heavy atom. The molecule has 0 unspecified atom stereocenters. The molecular formula is C17H25N3O5S. The van der Waals surface area contributed by atoms with Gasteiger partial charge in [-0.3, -0.25) is 4.79 Å². The second-order valence-electron chi connectivity index (χ2n) is 7.08. The number of ether oxygens (including phenoxy) is 1. The molecule has 1 N–H and O–H groups in total. The molecule has 0 saturated carbocycles. The van der Waals surface area contributed by atoms with Gasteiger partial charge in [0.15, 0.2) is 0 Å². The van der Waals surface area contributed by atoms with Crippen LogP contribution in [0.15, 0.2) is 29.2 Å². The SMILES string of the molecule is CC(=O)Nc1ccc(S(=O)(=O)N2CCN(C(=O)OC(C)(C)C)CC2)cc1. The van der Waals surface area contributed by atoms with Gasteiger partial charge in [0.1, 0.15) is 5.60 Å². The zero-order valence-corrected chi connectivity index (χ0v) is 16.3. The summed E-state index contributed by atoms with van der Waals surface area (Å²) < 4.78 is 32.1. The molecule has 0 radical (unpaired) electrons. The van der Waals surface area contributed by atoms with Crippen molar-refractivity contribution < 1.29 is 22.7 Å². The second kappa shape index (κ2) is 7.63. The van der Waals surface area contributed by atoms with E-state index in [-0.39, 0.29) is 37.0 Å². The summed E-state index contributed by atoms with van der Waals surface area (Å²) in [5.74, 6) is -0.223. The first-order valence-electron chi connectivity index (χ1n) is 8.35. The lowest BCUT2D eigenvalue weighted by molar-refractivity contribution is -0.114. The second-order valence-corrected chi connectivity index (χ2v) is 9.01. The van der Waals surface area contributed by atoms with Crippen LogP contribution in [0.2, 0.25) is 0 Å². The van der Waals surface area contributed by atoms with Gasteiger partial charge in [-0.15, -0.1) is 0 Å². The molecule has 0 bridgehead atoms. The molecule has 144 valence electrons. The van der Waals surface area contributed by atoms with Crippen molar-refractivity contribution in [3.8, 4) is 0 Å². The third kappa shape index (κ3) is 5.18. The summed E-state index contributed by atoms with van der Waals surface area (Å²) in [5.41, 5.74) is -0.0538. The van der Waals surface area contributed by atoms with Crippen LogP contribution in [0.3, 0.4) is 0 Å². The van der Waals surface area contributed by atoms with Crippen LogP contribution in [-0.4, -0.2) is 61.4 Å². The Hall–Kier alpha value is -2.13. The van der Waals surface area contributed by atoms with E-state index in [1.54, 1.807) is 32.9 Å². The van der Waals surface area contributed by atoms with Crippen molar-refractivity contribution in [1.29, 1.82) is 0 Å². The highest BCUT2D eigenvalue weighted by Crippen LogP contribution is 2.20. The number of anilines is 1. The summed E-state index contributed by atoms with van der Waals surface area (Å²) in [6, 6.07) is 6.01. The molecule has 2 rings (SSSR count). The number of hydrogen-bond acceptors (Lipinski definition) is 5. The van der Waals surface area contributed by atoms with E-state index in [0.29, 0.717) is 5.69 Å². The van der Waals surface area contributed by atoms with Crippen LogP contribution in [0, 0.1) is 0 Å². The molecule has 1 aromatic rings. The molecule has 1 aliphatic rings. The summed E-state index contributed by atoms with van der Waals surface area (Å²) in [5, 5.41) is 2.59. The third-order valence-electron chi connectivity index (χ3n) is 3.70. The Balaban J connectivity index is 2.01. The normalized spacial score (nSPS) is 16.2. The number of carbonyl (C=O) groups excluding carboxylic acids is 2. The molecule has 0 aromatic heterocycles. The average molecular weight is 383 g/mol. The maximum absolute atomic E-state index is 12.7. The topological polar surface area (TPSA) is 96.0 Å². The Labute approximate surface area is 154 Å². The molecule has 1 heterocycles.